The molecule has 1 amide bonds. The third-order valence-electron chi connectivity index (χ3n) is 4.50. The minimum absolute atomic E-state index is 0.156. The van der Waals surface area contributed by atoms with Crippen LogP contribution in [0.25, 0.3) is 0 Å². The van der Waals surface area contributed by atoms with Crippen molar-refractivity contribution in [2.24, 2.45) is 0 Å². The molecule has 0 radical (unpaired) electrons. The minimum Gasteiger partial charge on any atom is -0.341 e. The van der Waals surface area contributed by atoms with Crippen LogP contribution < -0.4 is 4.31 Å². The Hall–Kier alpha value is -2.05. The zero-order valence-corrected chi connectivity index (χ0v) is 16.1. The molecule has 0 saturated carbocycles. The number of sulfonamides is 1. The average Bonchev–Trinajstić information content (AvgIpc) is 3.15. The summed E-state index contributed by atoms with van der Waals surface area (Å²) >= 11 is 6.02. The van der Waals surface area contributed by atoms with Crippen molar-refractivity contribution in [3.63, 3.8) is 0 Å². The van der Waals surface area contributed by atoms with E-state index in [1.165, 1.54) is 16.4 Å². The van der Waals surface area contributed by atoms with Crippen molar-refractivity contribution < 1.29 is 13.2 Å². The van der Waals surface area contributed by atoms with Crippen molar-refractivity contribution in [3.8, 4) is 0 Å². The van der Waals surface area contributed by atoms with Crippen LogP contribution in [-0.4, -0.2) is 38.9 Å². The highest BCUT2D eigenvalue weighted by molar-refractivity contribution is 7.92. The Morgan fingerprint density at radius 2 is 1.77 bits per heavy atom. The molecule has 1 saturated heterocycles. The standard InChI is InChI=1S/C19H21ClN2O3S/c1-15-13-16(20)9-10-18(15)22(14-19(23)21-11-5-6-12-21)26(24,25)17-7-3-2-4-8-17/h2-4,7-10,13H,5-6,11-12,14H2,1H3. The number of likely N-dealkylation sites (tertiary alicyclic amines) is 1. The Balaban J connectivity index is 2.02. The zero-order chi connectivity index (χ0) is 18.7. The van der Waals surface area contributed by atoms with Crippen molar-refractivity contribution >= 4 is 33.2 Å². The molecule has 3 rings (SSSR count). The zero-order valence-electron chi connectivity index (χ0n) is 14.6. The largest absolute Gasteiger partial charge is 0.341 e. The molecule has 0 aliphatic carbocycles. The Morgan fingerprint density at radius 1 is 1.12 bits per heavy atom. The molecule has 0 aromatic heterocycles. The van der Waals surface area contributed by atoms with Gasteiger partial charge in [-0.25, -0.2) is 8.42 Å². The lowest BCUT2D eigenvalue weighted by Gasteiger charge is -2.27. The molecule has 2 aromatic rings. The Bertz CT molecular complexity index is 894. The number of benzene rings is 2. The highest BCUT2D eigenvalue weighted by Crippen LogP contribution is 2.29. The molecule has 1 aliphatic rings. The fraction of sp³-hybridized carbons (Fsp3) is 0.316. The Morgan fingerprint density at radius 3 is 2.38 bits per heavy atom. The maximum Gasteiger partial charge on any atom is 0.264 e. The van der Waals surface area contributed by atoms with E-state index in [9.17, 15) is 13.2 Å². The van der Waals surface area contributed by atoms with Crippen LogP contribution in [0.15, 0.2) is 53.4 Å². The minimum atomic E-state index is -3.87. The first-order valence-corrected chi connectivity index (χ1v) is 10.3. The summed E-state index contributed by atoms with van der Waals surface area (Å²) in [4.78, 5) is 14.6. The molecule has 138 valence electrons. The monoisotopic (exact) mass is 392 g/mol. The molecule has 2 aromatic carbocycles. The van der Waals surface area contributed by atoms with Crippen molar-refractivity contribution in [2.75, 3.05) is 23.9 Å². The first-order chi connectivity index (χ1) is 12.4. The third kappa shape index (κ3) is 3.86. The lowest BCUT2D eigenvalue weighted by atomic mass is 10.2. The fourth-order valence-corrected chi connectivity index (χ4v) is 4.83. The second-order valence-corrected chi connectivity index (χ2v) is 8.64. The smallest absolute Gasteiger partial charge is 0.264 e. The number of amides is 1. The third-order valence-corrected chi connectivity index (χ3v) is 6.51. The molecule has 0 bridgehead atoms. The van der Waals surface area contributed by atoms with E-state index in [1.54, 1.807) is 48.2 Å². The van der Waals surface area contributed by atoms with Gasteiger partial charge in [-0.15, -0.1) is 0 Å². The number of halogens is 1. The summed E-state index contributed by atoms with van der Waals surface area (Å²) in [5.41, 5.74) is 1.16. The fourth-order valence-electron chi connectivity index (χ4n) is 3.11. The number of rotatable bonds is 5. The summed E-state index contributed by atoms with van der Waals surface area (Å²) in [5.74, 6) is -0.184. The van der Waals surface area contributed by atoms with Crippen LogP contribution >= 0.6 is 11.6 Å². The van der Waals surface area contributed by atoms with Gasteiger partial charge in [-0.05, 0) is 55.7 Å². The first-order valence-electron chi connectivity index (χ1n) is 8.51. The van der Waals surface area contributed by atoms with Gasteiger partial charge in [0.15, 0.2) is 0 Å². The van der Waals surface area contributed by atoms with Gasteiger partial charge in [-0.3, -0.25) is 9.10 Å². The van der Waals surface area contributed by atoms with Gasteiger partial charge in [-0.2, -0.15) is 0 Å². The lowest BCUT2D eigenvalue weighted by Crippen LogP contribution is -2.42. The van der Waals surface area contributed by atoms with Crippen molar-refractivity contribution in [1.29, 1.82) is 0 Å². The molecule has 0 N–H and O–H groups in total. The summed E-state index contributed by atoms with van der Waals surface area (Å²) in [7, 11) is -3.87. The van der Waals surface area contributed by atoms with Gasteiger partial charge < -0.3 is 4.90 Å². The van der Waals surface area contributed by atoms with E-state index in [4.69, 9.17) is 11.6 Å². The maximum atomic E-state index is 13.2. The van der Waals surface area contributed by atoms with Gasteiger partial charge >= 0.3 is 0 Å². The number of anilines is 1. The van der Waals surface area contributed by atoms with E-state index in [1.807, 2.05) is 0 Å². The predicted octanol–water partition coefficient (Wildman–Crippen LogP) is 3.47. The summed E-state index contributed by atoms with van der Waals surface area (Å²) in [6, 6.07) is 13.1. The molecule has 0 atom stereocenters. The van der Waals surface area contributed by atoms with E-state index in [0.29, 0.717) is 29.4 Å². The van der Waals surface area contributed by atoms with Crippen LogP contribution in [0.4, 0.5) is 5.69 Å². The topological polar surface area (TPSA) is 57.7 Å². The molecule has 1 aliphatic heterocycles. The summed E-state index contributed by atoms with van der Waals surface area (Å²) in [6.07, 6.45) is 1.91. The van der Waals surface area contributed by atoms with Crippen LogP contribution in [-0.2, 0) is 14.8 Å². The second-order valence-electron chi connectivity index (χ2n) is 6.34. The Kier molecular flexibility index (Phi) is 5.53. The van der Waals surface area contributed by atoms with Gasteiger partial charge in [-0.1, -0.05) is 29.8 Å². The van der Waals surface area contributed by atoms with E-state index in [2.05, 4.69) is 0 Å². The Labute approximate surface area is 159 Å². The van der Waals surface area contributed by atoms with Crippen molar-refractivity contribution in [1.82, 2.24) is 4.90 Å². The van der Waals surface area contributed by atoms with Crippen LogP contribution in [0.2, 0.25) is 5.02 Å². The normalized spacial score (nSPS) is 14.5. The van der Waals surface area contributed by atoms with Gasteiger partial charge in [0.1, 0.15) is 6.54 Å². The van der Waals surface area contributed by atoms with E-state index >= 15 is 0 Å². The van der Waals surface area contributed by atoms with E-state index < -0.39 is 10.0 Å². The van der Waals surface area contributed by atoms with Crippen molar-refractivity contribution in [2.45, 2.75) is 24.7 Å². The summed E-state index contributed by atoms with van der Waals surface area (Å²) in [6.45, 7) is 2.92. The average molecular weight is 393 g/mol. The first kappa shape index (κ1) is 18.7. The highest BCUT2D eigenvalue weighted by Gasteiger charge is 2.30. The molecule has 5 nitrogen and oxygen atoms in total. The molecule has 1 heterocycles. The molecular weight excluding hydrogens is 372 g/mol. The van der Waals surface area contributed by atoms with Gasteiger partial charge in [0, 0.05) is 18.1 Å². The molecule has 26 heavy (non-hydrogen) atoms. The highest BCUT2D eigenvalue weighted by atomic mass is 35.5. The lowest BCUT2D eigenvalue weighted by molar-refractivity contribution is -0.128. The number of carbonyl (C=O) groups excluding carboxylic acids is 1. The summed E-state index contributed by atoms with van der Waals surface area (Å²) in [5, 5.41) is 0.522. The second kappa shape index (κ2) is 7.68. The number of aryl methyl sites for hydroxylation is 1. The molecule has 1 fully saturated rings. The number of hydrogen-bond donors (Lipinski definition) is 0. The van der Waals surface area contributed by atoms with Gasteiger partial charge in [0.2, 0.25) is 5.91 Å². The van der Waals surface area contributed by atoms with Crippen LogP contribution in [0.5, 0.6) is 0 Å². The number of carbonyl (C=O) groups is 1. The molecular formula is C19H21ClN2O3S. The molecule has 7 heteroatoms. The van der Waals surface area contributed by atoms with E-state index in [-0.39, 0.29) is 17.3 Å². The molecule has 0 unspecified atom stereocenters. The predicted molar refractivity (Wildman–Crippen MR) is 103 cm³/mol. The van der Waals surface area contributed by atoms with Crippen LogP contribution in [0.3, 0.4) is 0 Å². The SMILES string of the molecule is Cc1cc(Cl)ccc1N(CC(=O)N1CCCC1)S(=O)(=O)c1ccccc1. The molecule has 0 spiro atoms. The van der Waals surface area contributed by atoms with Crippen LogP contribution in [0, 0.1) is 6.92 Å². The number of hydrogen-bond acceptors (Lipinski definition) is 3. The van der Waals surface area contributed by atoms with E-state index in [0.717, 1.165) is 12.8 Å². The number of nitrogens with zero attached hydrogens (tertiary/aromatic N) is 2. The maximum absolute atomic E-state index is 13.2. The van der Waals surface area contributed by atoms with Crippen molar-refractivity contribution in [3.05, 3.63) is 59.1 Å². The quantitative estimate of drug-likeness (QED) is 0.782. The van der Waals surface area contributed by atoms with Gasteiger partial charge in [0.05, 0.1) is 10.6 Å². The van der Waals surface area contributed by atoms with Gasteiger partial charge in [0.25, 0.3) is 10.0 Å². The summed E-state index contributed by atoms with van der Waals surface area (Å²) < 4.78 is 27.7. The van der Waals surface area contributed by atoms with Crippen LogP contribution in [0.1, 0.15) is 18.4 Å².